The fraction of sp³-hybridized carbons (Fsp3) is 0.500. The molecule has 0 bridgehead atoms. The molecular weight excluding hydrogens is 366 g/mol. The van der Waals surface area contributed by atoms with Crippen LogP contribution in [0.3, 0.4) is 0 Å². The predicted octanol–water partition coefficient (Wildman–Crippen LogP) is 3.31. The quantitative estimate of drug-likeness (QED) is 0.528. The molecule has 1 aliphatic rings. The third kappa shape index (κ3) is 6.06. The van der Waals surface area contributed by atoms with Gasteiger partial charge in [0.05, 0.1) is 6.04 Å². The van der Waals surface area contributed by atoms with E-state index in [1.807, 2.05) is 18.4 Å². The maximum atomic E-state index is 4.42. The molecule has 1 fully saturated rings. The Kier molecular flexibility index (Phi) is 7.89. The Morgan fingerprint density at radius 2 is 1.93 bits per heavy atom. The Hall–Kier alpha value is -1.89. The average Bonchev–Trinajstić information content (AvgIpc) is 3.39. The molecule has 152 valence electrons. The third-order valence-electron chi connectivity index (χ3n) is 5.09. The van der Waals surface area contributed by atoms with E-state index in [9.17, 15) is 0 Å². The van der Waals surface area contributed by atoms with E-state index in [0.29, 0.717) is 6.04 Å². The number of thiophene rings is 1. The molecule has 0 radical (unpaired) electrons. The Bertz CT molecular complexity index is 735. The molecule has 28 heavy (non-hydrogen) atoms. The summed E-state index contributed by atoms with van der Waals surface area (Å²) in [6, 6.07) is 13.6. The summed E-state index contributed by atoms with van der Waals surface area (Å²) in [5.74, 6) is 0.860. The number of likely N-dealkylation sites (tertiary alicyclic amines) is 1. The Balaban J connectivity index is 1.55. The lowest BCUT2D eigenvalue weighted by Crippen LogP contribution is -2.42. The van der Waals surface area contributed by atoms with Crippen molar-refractivity contribution in [2.45, 2.75) is 32.0 Å². The van der Waals surface area contributed by atoms with Gasteiger partial charge in [0.1, 0.15) is 0 Å². The van der Waals surface area contributed by atoms with E-state index in [4.69, 9.17) is 0 Å². The van der Waals surface area contributed by atoms with Crippen molar-refractivity contribution in [3.05, 3.63) is 57.8 Å². The van der Waals surface area contributed by atoms with Crippen molar-refractivity contribution < 1.29 is 0 Å². The van der Waals surface area contributed by atoms with E-state index in [-0.39, 0.29) is 0 Å². The second-order valence-corrected chi connectivity index (χ2v) is 8.62. The van der Waals surface area contributed by atoms with Gasteiger partial charge in [-0.2, -0.15) is 0 Å². The van der Waals surface area contributed by atoms with Crippen molar-refractivity contribution in [1.82, 2.24) is 20.4 Å². The van der Waals surface area contributed by atoms with Gasteiger partial charge in [-0.3, -0.25) is 9.89 Å². The van der Waals surface area contributed by atoms with Crippen LogP contribution in [0.1, 0.15) is 34.9 Å². The number of benzene rings is 1. The molecule has 2 aromatic rings. The zero-order valence-corrected chi connectivity index (χ0v) is 18.1. The highest BCUT2D eigenvalue weighted by Gasteiger charge is 2.24. The Labute approximate surface area is 173 Å². The molecule has 1 aromatic heterocycles. The second kappa shape index (κ2) is 10.6. The van der Waals surface area contributed by atoms with Gasteiger partial charge < -0.3 is 15.5 Å². The van der Waals surface area contributed by atoms with Gasteiger partial charge in [0.2, 0.25) is 0 Å². The minimum atomic E-state index is 0.421. The summed E-state index contributed by atoms with van der Waals surface area (Å²) in [7, 11) is 6.04. The molecule has 1 unspecified atom stereocenters. The first-order valence-electron chi connectivity index (χ1n) is 10.1. The van der Waals surface area contributed by atoms with Crippen LogP contribution in [0.4, 0.5) is 0 Å². The summed E-state index contributed by atoms with van der Waals surface area (Å²) in [6.07, 6.45) is 2.61. The number of nitrogens with one attached hydrogen (secondary N) is 2. The lowest BCUT2D eigenvalue weighted by molar-refractivity contribution is 0.249. The number of guanidine groups is 1. The number of nitrogens with zero attached hydrogens (tertiary/aromatic N) is 3. The summed E-state index contributed by atoms with van der Waals surface area (Å²) < 4.78 is 0. The van der Waals surface area contributed by atoms with Crippen LogP contribution < -0.4 is 10.6 Å². The Morgan fingerprint density at radius 3 is 2.61 bits per heavy atom. The third-order valence-corrected chi connectivity index (χ3v) is 6.06. The molecule has 1 aliphatic heterocycles. The van der Waals surface area contributed by atoms with Gasteiger partial charge in [-0.1, -0.05) is 30.3 Å². The lowest BCUT2D eigenvalue weighted by atomic mass is 10.1. The van der Waals surface area contributed by atoms with Crippen molar-refractivity contribution in [3.63, 3.8) is 0 Å². The van der Waals surface area contributed by atoms with Crippen LogP contribution >= 0.6 is 11.3 Å². The van der Waals surface area contributed by atoms with Crippen LogP contribution in [0.2, 0.25) is 0 Å². The SMILES string of the molecule is CN=C(NCc1cccc(CN(C)C)c1)NCC(c1cccs1)N1CCCC1. The predicted molar refractivity (Wildman–Crippen MR) is 120 cm³/mol. The molecule has 0 amide bonds. The van der Waals surface area contributed by atoms with Crippen molar-refractivity contribution >= 4 is 17.3 Å². The van der Waals surface area contributed by atoms with Gasteiger partial charge in [0, 0.05) is 31.6 Å². The monoisotopic (exact) mass is 399 g/mol. The maximum Gasteiger partial charge on any atom is 0.191 e. The molecule has 1 saturated heterocycles. The molecule has 6 heteroatoms. The molecule has 0 spiro atoms. The van der Waals surface area contributed by atoms with Crippen molar-refractivity contribution in [2.24, 2.45) is 4.99 Å². The molecule has 1 aromatic carbocycles. The fourth-order valence-corrected chi connectivity index (χ4v) is 4.61. The van der Waals surface area contributed by atoms with Crippen LogP contribution in [0.25, 0.3) is 0 Å². The largest absolute Gasteiger partial charge is 0.354 e. The fourth-order valence-electron chi connectivity index (χ4n) is 3.75. The van der Waals surface area contributed by atoms with Gasteiger partial charge in [0.25, 0.3) is 0 Å². The van der Waals surface area contributed by atoms with Gasteiger partial charge >= 0.3 is 0 Å². The number of aliphatic imine (C=N–C) groups is 1. The highest BCUT2D eigenvalue weighted by atomic mass is 32.1. The molecule has 2 heterocycles. The molecule has 0 saturated carbocycles. The zero-order chi connectivity index (χ0) is 19.8. The molecule has 1 atom stereocenters. The molecule has 3 rings (SSSR count). The van der Waals surface area contributed by atoms with Gasteiger partial charge in [-0.25, -0.2) is 0 Å². The van der Waals surface area contributed by atoms with Gasteiger partial charge in [0.15, 0.2) is 5.96 Å². The summed E-state index contributed by atoms with van der Waals surface area (Å²) in [5.41, 5.74) is 2.61. The summed E-state index contributed by atoms with van der Waals surface area (Å²) in [6.45, 7) is 4.98. The van der Waals surface area contributed by atoms with Crippen molar-refractivity contribution in [1.29, 1.82) is 0 Å². The van der Waals surface area contributed by atoms with E-state index < -0.39 is 0 Å². The second-order valence-electron chi connectivity index (χ2n) is 7.64. The average molecular weight is 400 g/mol. The van der Waals surface area contributed by atoms with Gasteiger partial charge in [-0.15, -0.1) is 11.3 Å². The first-order valence-corrected chi connectivity index (χ1v) is 11.0. The van der Waals surface area contributed by atoms with E-state index in [0.717, 1.165) is 25.6 Å². The highest BCUT2D eigenvalue weighted by Crippen LogP contribution is 2.27. The number of hydrogen-bond acceptors (Lipinski definition) is 4. The van der Waals surface area contributed by atoms with Crippen LogP contribution in [-0.4, -0.2) is 56.5 Å². The number of hydrogen-bond donors (Lipinski definition) is 2. The van der Waals surface area contributed by atoms with Crippen molar-refractivity contribution in [2.75, 3.05) is 40.8 Å². The van der Waals surface area contributed by atoms with Crippen LogP contribution in [0.15, 0.2) is 46.8 Å². The van der Waals surface area contributed by atoms with Crippen LogP contribution in [0, 0.1) is 0 Å². The highest BCUT2D eigenvalue weighted by molar-refractivity contribution is 7.10. The summed E-state index contributed by atoms with van der Waals surface area (Å²) >= 11 is 1.85. The minimum absolute atomic E-state index is 0.421. The van der Waals surface area contributed by atoms with E-state index >= 15 is 0 Å². The Morgan fingerprint density at radius 1 is 1.14 bits per heavy atom. The molecular formula is C22H33N5S. The molecule has 5 nitrogen and oxygen atoms in total. The van der Waals surface area contributed by atoms with Crippen molar-refractivity contribution in [3.8, 4) is 0 Å². The number of rotatable bonds is 8. The van der Waals surface area contributed by atoms with Crippen LogP contribution in [-0.2, 0) is 13.1 Å². The summed E-state index contributed by atoms with van der Waals surface area (Å²) in [5, 5.41) is 9.19. The first kappa shape index (κ1) is 20.8. The topological polar surface area (TPSA) is 42.9 Å². The standard InChI is InChI=1S/C22H33N5S/c1-23-22(24-15-18-8-6-9-19(14-18)17-26(2)3)25-16-20(21-10-7-13-28-21)27-11-4-5-12-27/h6-10,13-14,20H,4-5,11-12,15-17H2,1-3H3,(H2,23,24,25). The molecule has 2 N–H and O–H groups in total. The van der Waals surface area contributed by atoms with E-state index in [2.05, 4.69) is 81.3 Å². The lowest BCUT2D eigenvalue weighted by Gasteiger charge is -2.27. The summed E-state index contributed by atoms with van der Waals surface area (Å²) in [4.78, 5) is 10.6. The van der Waals surface area contributed by atoms with Gasteiger partial charge in [-0.05, 0) is 62.6 Å². The smallest absolute Gasteiger partial charge is 0.191 e. The van der Waals surface area contributed by atoms with E-state index in [1.165, 1.54) is 41.9 Å². The van der Waals surface area contributed by atoms with Crippen LogP contribution in [0.5, 0.6) is 0 Å². The maximum absolute atomic E-state index is 4.42. The minimum Gasteiger partial charge on any atom is -0.354 e. The molecule has 0 aliphatic carbocycles. The zero-order valence-electron chi connectivity index (χ0n) is 17.3. The normalized spacial score (nSPS) is 16.5. The first-order chi connectivity index (χ1) is 13.7. The van der Waals surface area contributed by atoms with E-state index in [1.54, 1.807) is 0 Å².